The summed E-state index contributed by atoms with van der Waals surface area (Å²) < 4.78 is 10.5. The molecule has 28 heavy (non-hydrogen) atoms. The van der Waals surface area contributed by atoms with Crippen LogP contribution in [0.25, 0.3) is 10.9 Å². The SMILES string of the molecule is COc1ccc(N2CCN(Cc3[nH]nc4cc(OC)ccc34)[C@H](C)C2=O)cc1. The number of hydrogen-bond acceptors (Lipinski definition) is 5. The molecule has 7 nitrogen and oxygen atoms in total. The smallest absolute Gasteiger partial charge is 0.244 e. The molecule has 4 rings (SSSR count). The number of H-pyrrole nitrogens is 1. The van der Waals surface area contributed by atoms with E-state index < -0.39 is 0 Å². The highest BCUT2D eigenvalue weighted by Gasteiger charge is 2.32. The number of piperazine rings is 1. The number of nitrogens with zero attached hydrogens (tertiary/aromatic N) is 3. The van der Waals surface area contributed by atoms with Crippen LogP contribution in [0.2, 0.25) is 0 Å². The second-order valence-electron chi connectivity index (χ2n) is 6.92. The number of benzene rings is 2. The van der Waals surface area contributed by atoms with E-state index in [2.05, 4.69) is 15.1 Å². The van der Waals surface area contributed by atoms with E-state index >= 15 is 0 Å². The number of ether oxygens (including phenoxy) is 2. The molecule has 1 saturated heterocycles. The Morgan fingerprint density at radius 3 is 2.50 bits per heavy atom. The summed E-state index contributed by atoms with van der Waals surface area (Å²) in [6.45, 7) is 4.04. The highest BCUT2D eigenvalue weighted by molar-refractivity contribution is 5.97. The quantitative estimate of drug-likeness (QED) is 0.737. The molecular weight excluding hydrogens is 356 g/mol. The van der Waals surface area contributed by atoms with Crippen molar-refractivity contribution in [3.05, 3.63) is 48.2 Å². The fraction of sp³-hybridized carbons (Fsp3) is 0.333. The Labute approximate surface area is 163 Å². The molecular formula is C21H24N4O3. The normalized spacial score (nSPS) is 17.9. The average Bonchev–Trinajstić information content (AvgIpc) is 3.13. The van der Waals surface area contributed by atoms with Gasteiger partial charge in [-0.25, -0.2) is 0 Å². The molecule has 1 amide bonds. The molecule has 1 N–H and O–H groups in total. The van der Waals surface area contributed by atoms with Gasteiger partial charge in [-0.3, -0.25) is 14.8 Å². The van der Waals surface area contributed by atoms with Gasteiger partial charge in [0.1, 0.15) is 11.5 Å². The highest BCUT2D eigenvalue weighted by Crippen LogP contribution is 2.26. The summed E-state index contributed by atoms with van der Waals surface area (Å²) in [7, 11) is 3.28. The van der Waals surface area contributed by atoms with Crippen LogP contribution in [0, 0.1) is 0 Å². The molecule has 1 aromatic heterocycles. The van der Waals surface area contributed by atoms with Crippen LogP contribution in [0.1, 0.15) is 12.6 Å². The van der Waals surface area contributed by atoms with Gasteiger partial charge in [-0.05, 0) is 43.3 Å². The molecule has 0 spiro atoms. The maximum atomic E-state index is 13.0. The first-order valence-electron chi connectivity index (χ1n) is 9.31. The van der Waals surface area contributed by atoms with Crippen molar-refractivity contribution in [2.75, 3.05) is 32.2 Å². The minimum absolute atomic E-state index is 0.0990. The summed E-state index contributed by atoms with van der Waals surface area (Å²) in [5.41, 5.74) is 2.77. The van der Waals surface area contributed by atoms with Crippen molar-refractivity contribution in [3.63, 3.8) is 0 Å². The number of amides is 1. The minimum Gasteiger partial charge on any atom is -0.497 e. The third-order valence-electron chi connectivity index (χ3n) is 5.37. The van der Waals surface area contributed by atoms with Crippen molar-refractivity contribution in [2.45, 2.75) is 19.5 Å². The lowest BCUT2D eigenvalue weighted by Gasteiger charge is -2.39. The van der Waals surface area contributed by atoms with Crippen LogP contribution in [-0.2, 0) is 11.3 Å². The van der Waals surface area contributed by atoms with Gasteiger partial charge in [-0.2, -0.15) is 5.10 Å². The third kappa shape index (κ3) is 3.29. The van der Waals surface area contributed by atoms with E-state index in [4.69, 9.17) is 9.47 Å². The number of aromatic amines is 1. The molecule has 146 valence electrons. The lowest BCUT2D eigenvalue weighted by molar-refractivity contribution is -0.125. The molecule has 1 atom stereocenters. The van der Waals surface area contributed by atoms with Crippen LogP contribution in [-0.4, -0.2) is 54.4 Å². The lowest BCUT2D eigenvalue weighted by Crippen LogP contribution is -2.55. The summed E-state index contributed by atoms with van der Waals surface area (Å²) in [4.78, 5) is 17.0. The molecule has 0 bridgehead atoms. The number of aromatic nitrogens is 2. The van der Waals surface area contributed by atoms with Gasteiger partial charge in [0, 0.05) is 36.8 Å². The molecule has 0 radical (unpaired) electrons. The van der Waals surface area contributed by atoms with Crippen LogP contribution >= 0.6 is 0 Å². The van der Waals surface area contributed by atoms with Gasteiger partial charge in [0.15, 0.2) is 0 Å². The maximum absolute atomic E-state index is 13.0. The van der Waals surface area contributed by atoms with Crippen LogP contribution in [0.5, 0.6) is 11.5 Å². The predicted molar refractivity (Wildman–Crippen MR) is 108 cm³/mol. The van der Waals surface area contributed by atoms with Crippen molar-refractivity contribution >= 4 is 22.5 Å². The molecule has 1 aliphatic heterocycles. The van der Waals surface area contributed by atoms with Crippen molar-refractivity contribution in [1.29, 1.82) is 0 Å². The third-order valence-corrected chi connectivity index (χ3v) is 5.37. The number of hydrogen-bond donors (Lipinski definition) is 1. The highest BCUT2D eigenvalue weighted by atomic mass is 16.5. The predicted octanol–water partition coefficient (Wildman–Crippen LogP) is 2.82. The van der Waals surface area contributed by atoms with Gasteiger partial charge in [0.25, 0.3) is 0 Å². The van der Waals surface area contributed by atoms with Gasteiger partial charge < -0.3 is 14.4 Å². The zero-order valence-corrected chi connectivity index (χ0v) is 16.3. The number of rotatable bonds is 5. The van der Waals surface area contributed by atoms with Gasteiger partial charge in [-0.1, -0.05) is 0 Å². The Bertz CT molecular complexity index is 983. The summed E-state index contributed by atoms with van der Waals surface area (Å²) in [5, 5.41) is 8.55. The first-order valence-corrected chi connectivity index (χ1v) is 9.31. The lowest BCUT2D eigenvalue weighted by atomic mass is 10.1. The number of carbonyl (C=O) groups is 1. The Morgan fingerprint density at radius 2 is 1.79 bits per heavy atom. The molecule has 7 heteroatoms. The summed E-state index contributed by atoms with van der Waals surface area (Å²) >= 11 is 0. The minimum atomic E-state index is -0.215. The van der Waals surface area contributed by atoms with Gasteiger partial charge >= 0.3 is 0 Å². The molecule has 2 heterocycles. The van der Waals surface area contributed by atoms with Crippen molar-refractivity contribution in [2.24, 2.45) is 0 Å². The van der Waals surface area contributed by atoms with Gasteiger partial charge in [-0.15, -0.1) is 0 Å². The van der Waals surface area contributed by atoms with Crippen LogP contribution in [0.3, 0.4) is 0 Å². The van der Waals surface area contributed by atoms with Crippen LogP contribution < -0.4 is 14.4 Å². The fourth-order valence-corrected chi connectivity index (χ4v) is 3.65. The molecule has 1 fully saturated rings. The number of nitrogens with one attached hydrogen (secondary N) is 1. The van der Waals surface area contributed by atoms with Crippen molar-refractivity contribution in [3.8, 4) is 11.5 Å². The molecule has 1 aliphatic rings. The molecule has 0 unspecified atom stereocenters. The largest absolute Gasteiger partial charge is 0.497 e. The Kier molecular flexibility index (Phi) is 4.92. The monoisotopic (exact) mass is 380 g/mol. The number of anilines is 1. The first kappa shape index (κ1) is 18.3. The van der Waals surface area contributed by atoms with E-state index in [0.29, 0.717) is 13.1 Å². The maximum Gasteiger partial charge on any atom is 0.244 e. The number of methoxy groups -OCH3 is 2. The van der Waals surface area contributed by atoms with E-state index in [9.17, 15) is 4.79 Å². The topological polar surface area (TPSA) is 70.7 Å². The van der Waals surface area contributed by atoms with Crippen LogP contribution in [0.4, 0.5) is 5.69 Å². The van der Waals surface area contributed by atoms with Crippen LogP contribution in [0.15, 0.2) is 42.5 Å². The standard InChI is InChI=1S/C21H24N4O3/c1-14-21(26)25(15-4-6-16(27-2)7-5-15)11-10-24(14)13-20-18-9-8-17(28-3)12-19(18)22-23-20/h4-9,12,14H,10-11,13H2,1-3H3,(H,22,23)/t14-/m1/s1. The Balaban J connectivity index is 1.50. The Morgan fingerprint density at radius 1 is 1.07 bits per heavy atom. The molecule has 2 aromatic carbocycles. The van der Waals surface area contributed by atoms with Crippen molar-refractivity contribution in [1.82, 2.24) is 15.1 Å². The zero-order valence-electron chi connectivity index (χ0n) is 16.3. The Hall–Kier alpha value is -3.06. The zero-order chi connectivity index (χ0) is 19.7. The number of carbonyl (C=O) groups excluding carboxylic acids is 1. The second-order valence-corrected chi connectivity index (χ2v) is 6.92. The summed E-state index contributed by atoms with van der Waals surface area (Å²) in [6, 6.07) is 13.2. The number of fused-ring (bicyclic) bond motifs is 1. The molecule has 3 aromatic rings. The average molecular weight is 380 g/mol. The van der Waals surface area contributed by atoms with E-state index in [0.717, 1.165) is 40.3 Å². The van der Waals surface area contributed by atoms with Crippen molar-refractivity contribution < 1.29 is 14.3 Å². The molecule has 0 saturated carbocycles. The molecule has 0 aliphatic carbocycles. The fourth-order valence-electron chi connectivity index (χ4n) is 3.65. The van der Waals surface area contributed by atoms with E-state index in [1.165, 1.54) is 0 Å². The van der Waals surface area contributed by atoms with E-state index in [1.54, 1.807) is 14.2 Å². The van der Waals surface area contributed by atoms with Gasteiger partial charge in [0.2, 0.25) is 5.91 Å². The van der Waals surface area contributed by atoms with E-state index in [-0.39, 0.29) is 11.9 Å². The summed E-state index contributed by atoms with van der Waals surface area (Å²) in [5.74, 6) is 1.66. The van der Waals surface area contributed by atoms with E-state index in [1.807, 2.05) is 54.3 Å². The van der Waals surface area contributed by atoms with Gasteiger partial charge in [0.05, 0.1) is 31.5 Å². The second kappa shape index (κ2) is 7.52. The summed E-state index contributed by atoms with van der Waals surface area (Å²) in [6.07, 6.45) is 0. The first-order chi connectivity index (χ1) is 13.6.